The number of amides is 1. The summed E-state index contributed by atoms with van der Waals surface area (Å²) in [5, 5.41) is 1.03. The molecule has 232 valence electrons. The first-order valence-corrected chi connectivity index (χ1v) is 16.2. The van der Waals surface area contributed by atoms with Gasteiger partial charge in [0.1, 0.15) is 11.5 Å². The van der Waals surface area contributed by atoms with E-state index in [1.807, 2.05) is 30.3 Å². The molecular formula is C33H27Cl3N2O6S. The van der Waals surface area contributed by atoms with E-state index < -0.39 is 16.0 Å². The second kappa shape index (κ2) is 13.6. The quantitative estimate of drug-likeness (QED) is 0.127. The number of ether oxygens (including phenoxy) is 1. The van der Waals surface area contributed by atoms with Gasteiger partial charge in [-0.25, -0.2) is 13.2 Å². The van der Waals surface area contributed by atoms with E-state index in [-0.39, 0.29) is 52.4 Å². The fraction of sp³-hybridized carbons (Fsp3) is 0.152. The number of methoxy groups -OCH3 is 1. The molecular weight excluding hydrogens is 659 g/mol. The van der Waals surface area contributed by atoms with E-state index in [0.717, 1.165) is 5.56 Å². The van der Waals surface area contributed by atoms with Crippen molar-refractivity contribution < 1.29 is 27.2 Å². The topological polar surface area (TPSA) is 97.1 Å². The molecule has 0 fully saturated rings. The lowest BCUT2D eigenvalue weighted by Crippen LogP contribution is -2.30. The van der Waals surface area contributed by atoms with E-state index in [0.29, 0.717) is 27.1 Å². The van der Waals surface area contributed by atoms with Gasteiger partial charge in [0.15, 0.2) is 0 Å². The number of carbonyl (C=O) groups excluding carboxylic acids is 2. The highest BCUT2D eigenvalue weighted by Crippen LogP contribution is 2.34. The van der Waals surface area contributed by atoms with Crippen LogP contribution in [0.1, 0.15) is 29.6 Å². The number of nitrogens with zero attached hydrogens (tertiary/aromatic N) is 2. The van der Waals surface area contributed by atoms with Crippen molar-refractivity contribution in [2.45, 2.75) is 31.5 Å². The fourth-order valence-corrected chi connectivity index (χ4v) is 6.72. The third kappa shape index (κ3) is 7.19. The number of carbonyl (C=O) groups is 2. The molecule has 0 saturated carbocycles. The molecule has 0 N–H and O–H groups in total. The third-order valence-corrected chi connectivity index (χ3v) is 9.98. The van der Waals surface area contributed by atoms with Gasteiger partial charge in [-0.15, -0.1) is 0 Å². The van der Waals surface area contributed by atoms with Crippen LogP contribution in [0.4, 0.5) is 0 Å². The molecule has 0 radical (unpaired) electrons. The minimum atomic E-state index is -4.03. The molecule has 0 saturated heterocycles. The number of allylic oxidation sites excluding steroid dienone is 1. The molecule has 1 aromatic heterocycles. The molecule has 0 unspecified atom stereocenters. The zero-order chi connectivity index (χ0) is 32.3. The second-order valence-electron chi connectivity index (χ2n) is 10.2. The van der Waals surface area contributed by atoms with Crippen LogP contribution >= 0.6 is 34.8 Å². The van der Waals surface area contributed by atoms with Crippen molar-refractivity contribution in [1.29, 1.82) is 0 Å². The first-order valence-electron chi connectivity index (χ1n) is 13.6. The number of hydrogen-bond acceptors (Lipinski definition) is 6. The molecule has 0 atom stereocenters. The normalized spacial score (nSPS) is 14.6. The largest absolute Gasteiger partial charge is 0.465 e. The van der Waals surface area contributed by atoms with E-state index in [1.165, 1.54) is 46.7 Å². The van der Waals surface area contributed by atoms with Crippen LogP contribution in [0.3, 0.4) is 0 Å². The SMILES string of the molecule is COC(=O)C1=C(C)N(Cc2ccccc2)C(=O)/C1=C/c1ccc(CN(Cc2ccc(Cl)c(Cl)c2)S(=O)(=O)c2ccc(Cl)cc2)o1. The van der Waals surface area contributed by atoms with E-state index in [2.05, 4.69) is 0 Å². The maximum absolute atomic E-state index is 13.8. The molecule has 0 spiro atoms. The predicted molar refractivity (Wildman–Crippen MR) is 173 cm³/mol. The van der Waals surface area contributed by atoms with Gasteiger partial charge >= 0.3 is 5.97 Å². The van der Waals surface area contributed by atoms with Crippen molar-refractivity contribution in [2.75, 3.05) is 7.11 Å². The van der Waals surface area contributed by atoms with Crippen LogP contribution in [0.2, 0.25) is 15.1 Å². The number of esters is 1. The first-order chi connectivity index (χ1) is 21.5. The maximum Gasteiger partial charge on any atom is 0.340 e. The molecule has 4 aromatic rings. The number of furan rings is 1. The van der Waals surface area contributed by atoms with Gasteiger partial charge in [-0.05, 0) is 72.7 Å². The summed E-state index contributed by atoms with van der Waals surface area (Å²) >= 11 is 18.3. The highest BCUT2D eigenvalue weighted by molar-refractivity contribution is 7.89. The van der Waals surface area contributed by atoms with Gasteiger partial charge in [0.2, 0.25) is 10.0 Å². The minimum Gasteiger partial charge on any atom is -0.465 e. The molecule has 2 heterocycles. The van der Waals surface area contributed by atoms with Gasteiger partial charge in [-0.2, -0.15) is 4.31 Å². The monoisotopic (exact) mass is 684 g/mol. The van der Waals surface area contributed by atoms with Gasteiger partial charge in [0, 0.05) is 17.3 Å². The molecule has 1 aliphatic rings. The minimum absolute atomic E-state index is 0.0410. The van der Waals surface area contributed by atoms with Crippen LogP contribution in [0, 0.1) is 0 Å². The lowest BCUT2D eigenvalue weighted by molar-refractivity contribution is -0.136. The lowest BCUT2D eigenvalue weighted by Gasteiger charge is -2.22. The summed E-state index contributed by atoms with van der Waals surface area (Å²) in [6.45, 7) is 1.75. The first kappa shape index (κ1) is 32.5. The summed E-state index contributed by atoms with van der Waals surface area (Å²) in [4.78, 5) is 27.9. The van der Waals surface area contributed by atoms with E-state index in [1.54, 1.807) is 37.3 Å². The van der Waals surface area contributed by atoms with E-state index >= 15 is 0 Å². The van der Waals surface area contributed by atoms with Crippen LogP contribution in [-0.4, -0.2) is 36.6 Å². The smallest absolute Gasteiger partial charge is 0.340 e. The molecule has 8 nitrogen and oxygen atoms in total. The van der Waals surface area contributed by atoms with Crippen LogP contribution in [0.25, 0.3) is 6.08 Å². The Balaban J connectivity index is 1.46. The number of hydrogen-bond donors (Lipinski definition) is 0. The zero-order valence-corrected chi connectivity index (χ0v) is 27.3. The maximum atomic E-state index is 13.8. The standard InChI is InChI=1S/C33H27Cl3N2O6S/c1-21-31(33(40)43-2)28(32(39)38(21)19-22-6-4-3-5-7-22)17-25-11-12-26(44-25)20-37(18-23-8-15-29(35)30(36)16-23)45(41,42)27-13-9-24(34)10-14-27/h3-17H,18-20H2,1-2H3/b28-17+. The van der Waals surface area contributed by atoms with Gasteiger partial charge in [0.25, 0.3) is 5.91 Å². The molecule has 1 aliphatic heterocycles. The van der Waals surface area contributed by atoms with Crippen molar-refractivity contribution in [3.8, 4) is 0 Å². The van der Waals surface area contributed by atoms with Crippen molar-refractivity contribution in [1.82, 2.24) is 9.21 Å². The van der Waals surface area contributed by atoms with Crippen LogP contribution in [0.15, 0.2) is 111 Å². The van der Waals surface area contributed by atoms with E-state index in [9.17, 15) is 18.0 Å². The fourth-order valence-electron chi connectivity index (χ4n) is 4.88. The Hall–Kier alpha value is -3.86. The van der Waals surface area contributed by atoms with Gasteiger partial charge in [-0.1, -0.05) is 71.2 Å². The number of rotatable bonds is 10. The Morgan fingerprint density at radius 1 is 0.911 bits per heavy atom. The highest BCUT2D eigenvalue weighted by atomic mass is 35.5. The van der Waals surface area contributed by atoms with Crippen LogP contribution in [0.5, 0.6) is 0 Å². The number of halogens is 3. The summed E-state index contributed by atoms with van der Waals surface area (Å²) in [6.07, 6.45) is 1.46. The van der Waals surface area contributed by atoms with Crippen LogP contribution < -0.4 is 0 Å². The van der Waals surface area contributed by atoms with Crippen molar-refractivity contribution >= 4 is 62.8 Å². The molecule has 3 aromatic carbocycles. The molecule has 12 heteroatoms. The Kier molecular flexibility index (Phi) is 9.86. The average molecular weight is 686 g/mol. The number of benzene rings is 3. The van der Waals surface area contributed by atoms with Gasteiger partial charge in [0.05, 0.1) is 46.3 Å². The molecule has 45 heavy (non-hydrogen) atoms. The highest BCUT2D eigenvalue weighted by Gasteiger charge is 2.37. The van der Waals surface area contributed by atoms with Crippen molar-refractivity contribution in [2.24, 2.45) is 0 Å². The Morgan fingerprint density at radius 3 is 2.29 bits per heavy atom. The van der Waals surface area contributed by atoms with Crippen molar-refractivity contribution in [3.05, 3.63) is 139 Å². The van der Waals surface area contributed by atoms with Crippen LogP contribution in [-0.2, 0) is 44.0 Å². The summed E-state index contributed by atoms with van der Waals surface area (Å²) in [5.41, 5.74) is 2.19. The van der Waals surface area contributed by atoms with E-state index in [4.69, 9.17) is 44.0 Å². The Morgan fingerprint density at radius 2 is 1.62 bits per heavy atom. The predicted octanol–water partition coefficient (Wildman–Crippen LogP) is 7.50. The summed E-state index contributed by atoms with van der Waals surface area (Å²) in [6, 6.07) is 23.3. The Bertz CT molecular complexity index is 1920. The summed E-state index contributed by atoms with van der Waals surface area (Å²) in [5.74, 6) is -0.494. The second-order valence-corrected chi connectivity index (χ2v) is 13.4. The van der Waals surface area contributed by atoms with Gasteiger partial charge in [-0.3, -0.25) is 4.79 Å². The lowest BCUT2D eigenvalue weighted by atomic mass is 10.1. The number of sulfonamides is 1. The molecule has 5 rings (SSSR count). The molecule has 0 aliphatic carbocycles. The molecule has 0 bridgehead atoms. The van der Waals surface area contributed by atoms with Gasteiger partial charge < -0.3 is 14.1 Å². The average Bonchev–Trinajstić information content (AvgIpc) is 3.56. The third-order valence-electron chi connectivity index (χ3n) is 7.18. The molecule has 1 amide bonds. The zero-order valence-electron chi connectivity index (χ0n) is 24.2. The summed E-state index contributed by atoms with van der Waals surface area (Å²) in [7, 11) is -2.78. The van der Waals surface area contributed by atoms with Crippen molar-refractivity contribution in [3.63, 3.8) is 0 Å². The Labute approximate surface area is 276 Å². The summed E-state index contributed by atoms with van der Waals surface area (Å²) < 4.78 is 39.8.